The second-order valence-electron chi connectivity index (χ2n) is 5.94. The standard InChI is InChI=1S/C17H24O2/c1-2-14-7-3-4-8-16(14)18-13-15-9-12-17(19-15)10-5-6-11-17/h3-4,7-8,15H,2,5-6,9-13H2,1H3. The van der Waals surface area contributed by atoms with Gasteiger partial charge in [-0.25, -0.2) is 0 Å². The van der Waals surface area contributed by atoms with Crippen LogP contribution in [0.4, 0.5) is 0 Å². The van der Waals surface area contributed by atoms with Crippen molar-refractivity contribution in [2.45, 2.75) is 63.6 Å². The smallest absolute Gasteiger partial charge is 0.122 e. The molecule has 2 nitrogen and oxygen atoms in total. The molecule has 3 rings (SSSR count). The Morgan fingerprint density at radius 3 is 2.79 bits per heavy atom. The molecule has 0 bridgehead atoms. The Hall–Kier alpha value is -1.02. The molecular weight excluding hydrogens is 236 g/mol. The van der Waals surface area contributed by atoms with E-state index in [0.717, 1.165) is 18.6 Å². The molecule has 2 fully saturated rings. The van der Waals surface area contributed by atoms with Gasteiger partial charge in [-0.2, -0.15) is 0 Å². The predicted octanol–water partition coefficient (Wildman–Crippen LogP) is 4.12. The van der Waals surface area contributed by atoms with Gasteiger partial charge in [-0.3, -0.25) is 0 Å². The van der Waals surface area contributed by atoms with Crippen LogP contribution in [0.3, 0.4) is 0 Å². The fourth-order valence-corrected chi connectivity index (χ4v) is 3.52. The van der Waals surface area contributed by atoms with E-state index in [4.69, 9.17) is 9.47 Å². The number of hydrogen-bond acceptors (Lipinski definition) is 2. The van der Waals surface area contributed by atoms with Crippen LogP contribution in [0.25, 0.3) is 0 Å². The molecule has 1 aliphatic carbocycles. The third-order valence-electron chi connectivity index (χ3n) is 4.63. The van der Waals surface area contributed by atoms with Gasteiger partial charge < -0.3 is 9.47 Å². The van der Waals surface area contributed by atoms with Gasteiger partial charge in [0.25, 0.3) is 0 Å². The molecule has 0 aromatic heterocycles. The summed E-state index contributed by atoms with van der Waals surface area (Å²) < 4.78 is 12.3. The molecular formula is C17H24O2. The molecule has 1 saturated heterocycles. The molecule has 1 heterocycles. The molecule has 1 unspecified atom stereocenters. The molecule has 1 atom stereocenters. The van der Waals surface area contributed by atoms with E-state index >= 15 is 0 Å². The maximum Gasteiger partial charge on any atom is 0.122 e. The summed E-state index contributed by atoms with van der Waals surface area (Å²) in [7, 11) is 0. The van der Waals surface area contributed by atoms with Crippen LogP contribution in [0.15, 0.2) is 24.3 Å². The van der Waals surface area contributed by atoms with E-state index in [1.807, 2.05) is 6.07 Å². The third kappa shape index (κ3) is 2.79. The average molecular weight is 260 g/mol. The summed E-state index contributed by atoms with van der Waals surface area (Å²) in [5, 5.41) is 0. The zero-order valence-electron chi connectivity index (χ0n) is 11.9. The maximum atomic E-state index is 6.28. The highest BCUT2D eigenvalue weighted by Crippen LogP contribution is 2.43. The van der Waals surface area contributed by atoms with Crippen molar-refractivity contribution < 1.29 is 9.47 Å². The highest BCUT2D eigenvalue weighted by atomic mass is 16.6. The summed E-state index contributed by atoms with van der Waals surface area (Å²) in [5.74, 6) is 1.03. The summed E-state index contributed by atoms with van der Waals surface area (Å²) in [4.78, 5) is 0. The van der Waals surface area contributed by atoms with Crippen LogP contribution in [0, 0.1) is 0 Å². The Balaban J connectivity index is 1.55. The van der Waals surface area contributed by atoms with Crippen molar-refractivity contribution in [3.63, 3.8) is 0 Å². The van der Waals surface area contributed by atoms with Crippen LogP contribution < -0.4 is 4.74 Å². The lowest BCUT2D eigenvalue weighted by atomic mass is 9.98. The highest BCUT2D eigenvalue weighted by molar-refractivity contribution is 5.33. The normalized spacial score (nSPS) is 25.0. The second-order valence-corrected chi connectivity index (χ2v) is 5.94. The van der Waals surface area contributed by atoms with Crippen molar-refractivity contribution in [1.29, 1.82) is 0 Å². The Kier molecular flexibility index (Phi) is 3.79. The van der Waals surface area contributed by atoms with Gasteiger partial charge in [0, 0.05) is 0 Å². The summed E-state index contributed by atoms with van der Waals surface area (Å²) in [5.41, 5.74) is 1.51. The van der Waals surface area contributed by atoms with Gasteiger partial charge in [0.2, 0.25) is 0 Å². The minimum Gasteiger partial charge on any atom is -0.491 e. The monoisotopic (exact) mass is 260 g/mol. The lowest BCUT2D eigenvalue weighted by molar-refractivity contribution is -0.0509. The SMILES string of the molecule is CCc1ccccc1OCC1CCC2(CCCC2)O1. The zero-order chi connectivity index (χ0) is 13.1. The van der Waals surface area contributed by atoms with Gasteiger partial charge in [0.05, 0.1) is 11.7 Å². The van der Waals surface area contributed by atoms with Crippen LogP contribution in [-0.4, -0.2) is 18.3 Å². The second kappa shape index (κ2) is 5.54. The maximum absolute atomic E-state index is 6.28. The first-order valence-electron chi connectivity index (χ1n) is 7.70. The minimum absolute atomic E-state index is 0.221. The Morgan fingerprint density at radius 1 is 1.21 bits per heavy atom. The van der Waals surface area contributed by atoms with E-state index in [1.165, 1.54) is 37.7 Å². The van der Waals surface area contributed by atoms with Gasteiger partial charge in [-0.15, -0.1) is 0 Å². The molecule has 1 aromatic rings. The van der Waals surface area contributed by atoms with E-state index in [0.29, 0.717) is 12.7 Å². The van der Waals surface area contributed by atoms with Crippen molar-refractivity contribution in [2.24, 2.45) is 0 Å². The summed E-state index contributed by atoms with van der Waals surface area (Å²) in [6.07, 6.45) is 8.90. The van der Waals surface area contributed by atoms with E-state index in [-0.39, 0.29) is 5.60 Å². The van der Waals surface area contributed by atoms with Crippen LogP contribution >= 0.6 is 0 Å². The molecule has 1 aromatic carbocycles. The molecule has 19 heavy (non-hydrogen) atoms. The average Bonchev–Trinajstić information content (AvgIpc) is 3.07. The summed E-state index contributed by atoms with van der Waals surface area (Å²) >= 11 is 0. The largest absolute Gasteiger partial charge is 0.491 e. The van der Waals surface area contributed by atoms with Gasteiger partial charge >= 0.3 is 0 Å². The topological polar surface area (TPSA) is 18.5 Å². The Morgan fingerprint density at radius 2 is 2.00 bits per heavy atom. The first-order valence-corrected chi connectivity index (χ1v) is 7.70. The fraction of sp³-hybridized carbons (Fsp3) is 0.647. The van der Waals surface area contributed by atoms with Crippen LogP contribution in [0.1, 0.15) is 51.0 Å². The molecule has 2 aliphatic rings. The number of ether oxygens (including phenoxy) is 2. The minimum atomic E-state index is 0.221. The number of hydrogen-bond donors (Lipinski definition) is 0. The molecule has 0 radical (unpaired) electrons. The Bertz CT molecular complexity index is 421. The van der Waals surface area contributed by atoms with E-state index < -0.39 is 0 Å². The molecule has 0 amide bonds. The quantitative estimate of drug-likeness (QED) is 0.810. The van der Waals surface area contributed by atoms with Crippen molar-refractivity contribution in [3.05, 3.63) is 29.8 Å². The first-order chi connectivity index (χ1) is 9.31. The zero-order valence-corrected chi connectivity index (χ0v) is 11.9. The van der Waals surface area contributed by atoms with Crippen molar-refractivity contribution >= 4 is 0 Å². The Labute approximate surface area is 116 Å². The van der Waals surface area contributed by atoms with E-state index in [1.54, 1.807) is 0 Å². The predicted molar refractivity (Wildman–Crippen MR) is 76.6 cm³/mol. The molecule has 0 N–H and O–H groups in total. The van der Waals surface area contributed by atoms with Gasteiger partial charge in [-0.1, -0.05) is 38.0 Å². The number of aryl methyl sites for hydroxylation is 1. The van der Waals surface area contributed by atoms with E-state index in [9.17, 15) is 0 Å². The molecule has 1 saturated carbocycles. The molecule has 1 aliphatic heterocycles. The summed E-state index contributed by atoms with van der Waals surface area (Å²) in [6, 6.07) is 8.33. The van der Waals surface area contributed by atoms with Gasteiger partial charge in [-0.05, 0) is 43.7 Å². The van der Waals surface area contributed by atoms with Crippen molar-refractivity contribution in [2.75, 3.05) is 6.61 Å². The van der Waals surface area contributed by atoms with Crippen LogP contribution in [0.5, 0.6) is 5.75 Å². The van der Waals surface area contributed by atoms with Gasteiger partial charge in [0.1, 0.15) is 12.4 Å². The molecule has 104 valence electrons. The lowest BCUT2D eigenvalue weighted by Crippen LogP contribution is -2.27. The molecule has 1 spiro atoms. The number of benzene rings is 1. The van der Waals surface area contributed by atoms with Crippen molar-refractivity contribution in [3.8, 4) is 5.75 Å². The fourth-order valence-electron chi connectivity index (χ4n) is 3.52. The van der Waals surface area contributed by atoms with E-state index in [2.05, 4.69) is 25.1 Å². The van der Waals surface area contributed by atoms with Crippen LogP contribution in [-0.2, 0) is 11.2 Å². The van der Waals surface area contributed by atoms with Crippen molar-refractivity contribution in [1.82, 2.24) is 0 Å². The molecule has 2 heteroatoms. The van der Waals surface area contributed by atoms with Gasteiger partial charge in [0.15, 0.2) is 0 Å². The summed E-state index contributed by atoms with van der Waals surface area (Å²) in [6.45, 7) is 2.88. The number of rotatable bonds is 4. The number of para-hydroxylation sites is 1. The highest BCUT2D eigenvalue weighted by Gasteiger charge is 2.42. The lowest BCUT2D eigenvalue weighted by Gasteiger charge is -2.24. The third-order valence-corrected chi connectivity index (χ3v) is 4.63. The first kappa shape index (κ1) is 13.0. The van der Waals surface area contributed by atoms with Crippen LogP contribution in [0.2, 0.25) is 0 Å².